The Balaban J connectivity index is 2.62. The lowest BCUT2D eigenvalue weighted by Gasteiger charge is -2.14. The maximum atomic E-state index is 12.8. The number of alkyl halides is 3. The van der Waals surface area contributed by atoms with Crippen LogP contribution in [0, 0.1) is 0 Å². The van der Waals surface area contributed by atoms with Crippen molar-refractivity contribution in [1.29, 1.82) is 0 Å². The Morgan fingerprint density at radius 2 is 1.95 bits per heavy atom. The Morgan fingerprint density at radius 1 is 1.32 bits per heavy atom. The zero-order chi connectivity index (χ0) is 16.5. The SMILES string of the molecule is CC(C)Oc1ccccc1-n1nc(C(F)(F)F)cc1C(=O)O. The average molecular weight is 314 g/mol. The fourth-order valence-electron chi connectivity index (χ4n) is 1.84. The van der Waals surface area contributed by atoms with Crippen LogP contribution in [0.5, 0.6) is 5.75 Å². The molecule has 0 atom stereocenters. The molecule has 1 aromatic carbocycles. The third-order valence-corrected chi connectivity index (χ3v) is 2.68. The minimum atomic E-state index is -4.73. The Kier molecular flexibility index (Phi) is 4.11. The normalized spacial score (nSPS) is 11.7. The topological polar surface area (TPSA) is 64.4 Å². The Bertz CT molecular complexity index is 693. The predicted molar refractivity (Wildman–Crippen MR) is 71.3 cm³/mol. The summed E-state index contributed by atoms with van der Waals surface area (Å²) in [5, 5.41) is 12.5. The van der Waals surface area contributed by atoms with Gasteiger partial charge in [0.1, 0.15) is 11.4 Å². The van der Waals surface area contributed by atoms with Gasteiger partial charge in [0, 0.05) is 6.07 Å². The smallest absolute Gasteiger partial charge is 0.435 e. The number of ether oxygens (including phenoxy) is 1. The van der Waals surface area contributed by atoms with E-state index >= 15 is 0 Å². The summed E-state index contributed by atoms with van der Waals surface area (Å²) >= 11 is 0. The van der Waals surface area contributed by atoms with Gasteiger partial charge in [-0.25, -0.2) is 9.48 Å². The second-order valence-electron chi connectivity index (χ2n) is 4.76. The molecule has 118 valence electrons. The largest absolute Gasteiger partial charge is 0.489 e. The van der Waals surface area contributed by atoms with Crippen molar-refractivity contribution in [1.82, 2.24) is 9.78 Å². The van der Waals surface area contributed by atoms with Gasteiger partial charge in [0.05, 0.1) is 6.10 Å². The van der Waals surface area contributed by atoms with E-state index in [0.29, 0.717) is 6.07 Å². The molecule has 1 N–H and O–H groups in total. The standard InChI is InChI=1S/C14H13F3N2O3/c1-8(2)22-11-6-4-3-5-9(11)19-10(13(20)21)7-12(18-19)14(15,16)17/h3-8H,1-2H3,(H,20,21). The van der Waals surface area contributed by atoms with E-state index in [9.17, 15) is 18.0 Å². The Hall–Kier alpha value is -2.51. The lowest BCUT2D eigenvalue weighted by molar-refractivity contribution is -0.141. The molecule has 0 aliphatic carbocycles. The molecule has 0 aliphatic heterocycles. The molecule has 22 heavy (non-hydrogen) atoms. The van der Waals surface area contributed by atoms with Crippen molar-refractivity contribution in [2.45, 2.75) is 26.1 Å². The van der Waals surface area contributed by atoms with Crippen molar-refractivity contribution >= 4 is 5.97 Å². The molecule has 2 aromatic rings. The molecule has 0 unspecified atom stereocenters. The Morgan fingerprint density at radius 3 is 2.50 bits per heavy atom. The van der Waals surface area contributed by atoms with E-state index in [-0.39, 0.29) is 17.5 Å². The van der Waals surface area contributed by atoms with Crippen LogP contribution >= 0.6 is 0 Å². The highest BCUT2D eigenvalue weighted by molar-refractivity contribution is 5.86. The van der Waals surface area contributed by atoms with Crippen molar-refractivity contribution in [3.05, 3.63) is 41.7 Å². The van der Waals surface area contributed by atoms with Crippen LogP contribution in [0.4, 0.5) is 13.2 Å². The molecule has 1 aromatic heterocycles. The molecule has 0 spiro atoms. The number of hydrogen-bond donors (Lipinski definition) is 1. The highest BCUT2D eigenvalue weighted by atomic mass is 19.4. The summed E-state index contributed by atoms with van der Waals surface area (Å²) in [6, 6.07) is 6.67. The van der Waals surface area contributed by atoms with Crippen LogP contribution in [-0.2, 0) is 6.18 Å². The van der Waals surface area contributed by atoms with E-state index in [1.165, 1.54) is 12.1 Å². The van der Waals surface area contributed by atoms with Crippen molar-refractivity contribution < 1.29 is 27.8 Å². The van der Waals surface area contributed by atoms with Crippen molar-refractivity contribution in [2.75, 3.05) is 0 Å². The number of para-hydroxylation sites is 2. The highest BCUT2D eigenvalue weighted by Gasteiger charge is 2.36. The number of aromatic nitrogens is 2. The first kappa shape index (κ1) is 15.9. The number of carbonyl (C=O) groups is 1. The van der Waals surface area contributed by atoms with Crippen LogP contribution in [0.3, 0.4) is 0 Å². The van der Waals surface area contributed by atoms with Gasteiger partial charge >= 0.3 is 12.1 Å². The lowest BCUT2D eigenvalue weighted by Crippen LogP contribution is -2.13. The maximum absolute atomic E-state index is 12.8. The first-order chi connectivity index (χ1) is 10.2. The molecule has 5 nitrogen and oxygen atoms in total. The molecule has 0 aliphatic rings. The highest BCUT2D eigenvalue weighted by Crippen LogP contribution is 2.31. The van der Waals surface area contributed by atoms with Gasteiger partial charge in [0.15, 0.2) is 11.4 Å². The predicted octanol–water partition coefficient (Wildman–Crippen LogP) is 3.38. The number of carboxylic acid groups (broad SMARTS) is 1. The van der Waals surface area contributed by atoms with Crippen molar-refractivity contribution in [3.63, 3.8) is 0 Å². The number of halogens is 3. The van der Waals surface area contributed by atoms with E-state index in [1.807, 2.05) is 0 Å². The second-order valence-corrected chi connectivity index (χ2v) is 4.76. The first-order valence-corrected chi connectivity index (χ1v) is 6.36. The van der Waals surface area contributed by atoms with E-state index in [2.05, 4.69) is 5.10 Å². The van der Waals surface area contributed by atoms with Crippen molar-refractivity contribution in [3.8, 4) is 11.4 Å². The number of aromatic carboxylic acids is 1. The van der Waals surface area contributed by atoms with Gasteiger partial charge < -0.3 is 9.84 Å². The maximum Gasteiger partial charge on any atom is 0.435 e. The molecule has 0 bridgehead atoms. The third kappa shape index (κ3) is 3.21. The molecule has 0 fully saturated rings. The summed E-state index contributed by atoms with van der Waals surface area (Å²) in [7, 11) is 0. The number of nitrogens with zero attached hydrogens (tertiary/aromatic N) is 2. The van der Waals surface area contributed by atoms with Crippen molar-refractivity contribution in [2.24, 2.45) is 0 Å². The number of carboxylic acids is 1. The molecule has 0 saturated heterocycles. The molecule has 0 radical (unpaired) electrons. The molecule has 0 saturated carbocycles. The van der Waals surface area contributed by atoms with Gasteiger partial charge in [-0.05, 0) is 26.0 Å². The van der Waals surface area contributed by atoms with Crippen LogP contribution < -0.4 is 4.74 Å². The molecular formula is C14H13F3N2O3. The minimum absolute atomic E-state index is 0.129. The quantitative estimate of drug-likeness (QED) is 0.939. The van der Waals surface area contributed by atoms with Gasteiger partial charge in [-0.15, -0.1) is 0 Å². The second kappa shape index (κ2) is 5.70. The Labute approximate surface area is 123 Å². The van der Waals surface area contributed by atoms with Crippen LogP contribution in [-0.4, -0.2) is 27.0 Å². The monoisotopic (exact) mass is 314 g/mol. The van der Waals surface area contributed by atoms with Gasteiger partial charge in [-0.3, -0.25) is 0 Å². The molecular weight excluding hydrogens is 301 g/mol. The number of rotatable bonds is 4. The summed E-state index contributed by atoms with van der Waals surface area (Å²) in [5.41, 5.74) is -1.74. The summed E-state index contributed by atoms with van der Waals surface area (Å²) < 4.78 is 44.5. The van der Waals surface area contributed by atoms with E-state index in [4.69, 9.17) is 9.84 Å². The van der Waals surface area contributed by atoms with Crippen LogP contribution in [0.25, 0.3) is 5.69 Å². The van der Waals surface area contributed by atoms with Crippen LogP contribution in [0.1, 0.15) is 30.0 Å². The molecule has 0 amide bonds. The third-order valence-electron chi connectivity index (χ3n) is 2.68. The van der Waals surface area contributed by atoms with Gasteiger partial charge in [-0.2, -0.15) is 18.3 Å². The van der Waals surface area contributed by atoms with Gasteiger partial charge in [-0.1, -0.05) is 12.1 Å². The van der Waals surface area contributed by atoms with E-state index in [0.717, 1.165) is 4.68 Å². The van der Waals surface area contributed by atoms with Crippen LogP contribution in [0.2, 0.25) is 0 Å². The molecule has 8 heteroatoms. The van der Waals surface area contributed by atoms with E-state index in [1.54, 1.807) is 26.0 Å². The zero-order valence-corrected chi connectivity index (χ0v) is 11.8. The van der Waals surface area contributed by atoms with Gasteiger partial charge in [0.2, 0.25) is 0 Å². The number of hydrogen-bond acceptors (Lipinski definition) is 3. The fourth-order valence-corrected chi connectivity index (χ4v) is 1.84. The molecule has 2 rings (SSSR count). The summed E-state index contributed by atoms with van der Waals surface area (Å²) in [6.45, 7) is 3.50. The lowest BCUT2D eigenvalue weighted by atomic mass is 10.2. The first-order valence-electron chi connectivity index (χ1n) is 6.36. The summed E-state index contributed by atoms with van der Waals surface area (Å²) in [5.74, 6) is -1.26. The minimum Gasteiger partial charge on any atom is -0.489 e. The number of benzene rings is 1. The average Bonchev–Trinajstić information content (AvgIpc) is 2.83. The zero-order valence-electron chi connectivity index (χ0n) is 11.8. The fraction of sp³-hybridized carbons (Fsp3) is 0.286. The van der Waals surface area contributed by atoms with Crippen LogP contribution in [0.15, 0.2) is 30.3 Å². The summed E-state index contributed by atoms with van der Waals surface area (Å²) in [4.78, 5) is 11.2. The summed E-state index contributed by atoms with van der Waals surface area (Å²) in [6.07, 6.45) is -4.96. The molecule has 1 heterocycles. The van der Waals surface area contributed by atoms with E-state index < -0.39 is 23.5 Å². The van der Waals surface area contributed by atoms with Gasteiger partial charge in [0.25, 0.3) is 0 Å².